The Morgan fingerprint density at radius 2 is 1.97 bits per heavy atom. The SMILES string of the molecule is CCOC(=O)Cc1ccccc1OCc1cc(-c2ccnc(CN)c2)c2ccn(C)c2c1. The minimum absolute atomic E-state index is 0.186. The molecule has 4 rings (SSSR count). The van der Waals surface area contributed by atoms with Crippen LogP contribution in [0, 0.1) is 0 Å². The summed E-state index contributed by atoms with van der Waals surface area (Å²) in [4.78, 5) is 16.3. The molecule has 0 fully saturated rings. The van der Waals surface area contributed by atoms with Gasteiger partial charge in [0.05, 0.1) is 18.7 Å². The average Bonchev–Trinajstić information content (AvgIpc) is 3.19. The molecule has 0 atom stereocenters. The highest BCUT2D eigenvalue weighted by Crippen LogP contribution is 2.32. The second kappa shape index (κ2) is 9.66. The summed E-state index contributed by atoms with van der Waals surface area (Å²) in [6.07, 6.45) is 4.03. The molecule has 0 saturated heterocycles. The van der Waals surface area contributed by atoms with Crippen molar-refractivity contribution in [3.05, 3.63) is 83.8 Å². The molecule has 0 aliphatic heterocycles. The van der Waals surface area contributed by atoms with Crippen LogP contribution < -0.4 is 10.5 Å². The van der Waals surface area contributed by atoms with Gasteiger partial charge >= 0.3 is 5.97 Å². The smallest absolute Gasteiger partial charge is 0.310 e. The number of rotatable bonds is 8. The number of ether oxygens (including phenoxy) is 2. The van der Waals surface area contributed by atoms with Crippen LogP contribution in [0.1, 0.15) is 23.7 Å². The maximum Gasteiger partial charge on any atom is 0.310 e. The molecular weight excluding hydrogens is 402 g/mol. The van der Waals surface area contributed by atoms with Gasteiger partial charge in [-0.2, -0.15) is 0 Å². The zero-order valence-corrected chi connectivity index (χ0v) is 18.4. The number of pyridine rings is 1. The first kappa shape index (κ1) is 21.6. The summed E-state index contributed by atoms with van der Waals surface area (Å²) in [7, 11) is 2.03. The largest absolute Gasteiger partial charge is 0.489 e. The van der Waals surface area contributed by atoms with E-state index in [1.165, 1.54) is 0 Å². The lowest BCUT2D eigenvalue weighted by Gasteiger charge is -2.13. The van der Waals surface area contributed by atoms with Crippen molar-refractivity contribution in [2.45, 2.75) is 26.5 Å². The topological polar surface area (TPSA) is 79.4 Å². The zero-order valence-electron chi connectivity index (χ0n) is 18.4. The molecule has 0 amide bonds. The van der Waals surface area contributed by atoms with Crippen molar-refractivity contribution in [2.75, 3.05) is 6.61 Å². The van der Waals surface area contributed by atoms with Crippen LogP contribution in [0.15, 0.2) is 67.0 Å². The van der Waals surface area contributed by atoms with Gasteiger partial charge in [0.25, 0.3) is 0 Å². The lowest BCUT2D eigenvalue weighted by molar-refractivity contribution is -0.142. The van der Waals surface area contributed by atoms with Crippen LogP contribution in [0.4, 0.5) is 0 Å². The lowest BCUT2D eigenvalue weighted by atomic mass is 9.99. The quantitative estimate of drug-likeness (QED) is 0.421. The van der Waals surface area contributed by atoms with Gasteiger partial charge in [-0.1, -0.05) is 18.2 Å². The van der Waals surface area contributed by atoms with Crippen molar-refractivity contribution in [3.8, 4) is 16.9 Å². The molecule has 32 heavy (non-hydrogen) atoms. The molecule has 2 aromatic carbocycles. The summed E-state index contributed by atoms with van der Waals surface area (Å²) < 4.78 is 13.3. The Labute approximate surface area is 187 Å². The third-order valence-electron chi connectivity index (χ3n) is 5.41. The number of aryl methyl sites for hydroxylation is 1. The number of para-hydroxylation sites is 1. The van der Waals surface area contributed by atoms with Gasteiger partial charge in [0.15, 0.2) is 0 Å². The summed E-state index contributed by atoms with van der Waals surface area (Å²) in [5.41, 5.74) is 11.8. The van der Waals surface area contributed by atoms with E-state index in [0.29, 0.717) is 25.5 Å². The first-order valence-electron chi connectivity index (χ1n) is 10.7. The summed E-state index contributed by atoms with van der Waals surface area (Å²) >= 11 is 0. The van der Waals surface area contributed by atoms with Crippen molar-refractivity contribution < 1.29 is 14.3 Å². The van der Waals surface area contributed by atoms with Crippen LogP contribution >= 0.6 is 0 Å². The Morgan fingerprint density at radius 1 is 1.12 bits per heavy atom. The molecule has 0 spiro atoms. The van der Waals surface area contributed by atoms with Gasteiger partial charge in [0.1, 0.15) is 12.4 Å². The molecule has 0 saturated carbocycles. The van der Waals surface area contributed by atoms with E-state index in [4.69, 9.17) is 15.2 Å². The number of carbonyl (C=O) groups is 1. The number of hydrogen-bond acceptors (Lipinski definition) is 5. The molecule has 164 valence electrons. The maximum absolute atomic E-state index is 12.0. The third kappa shape index (κ3) is 4.65. The number of hydrogen-bond donors (Lipinski definition) is 1. The van der Waals surface area contributed by atoms with E-state index in [0.717, 1.165) is 38.9 Å². The Morgan fingerprint density at radius 3 is 2.78 bits per heavy atom. The van der Waals surface area contributed by atoms with Crippen molar-refractivity contribution in [3.63, 3.8) is 0 Å². The van der Waals surface area contributed by atoms with Gasteiger partial charge in [-0.15, -0.1) is 0 Å². The summed E-state index contributed by atoms with van der Waals surface area (Å²) in [6, 6.07) is 18.0. The van der Waals surface area contributed by atoms with Gasteiger partial charge in [-0.25, -0.2) is 0 Å². The van der Waals surface area contributed by atoms with Crippen LogP contribution in [0.5, 0.6) is 5.75 Å². The molecule has 0 aliphatic carbocycles. The molecule has 0 unspecified atom stereocenters. The second-order valence-corrected chi connectivity index (χ2v) is 7.62. The van der Waals surface area contributed by atoms with Gasteiger partial charge in [0.2, 0.25) is 0 Å². The van der Waals surface area contributed by atoms with Gasteiger partial charge < -0.3 is 19.8 Å². The summed E-state index contributed by atoms with van der Waals surface area (Å²) in [5.74, 6) is 0.424. The predicted molar refractivity (Wildman–Crippen MR) is 125 cm³/mol. The van der Waals surface area contributed by atoms with E-state index in [9.17, 15) is 4.79 Å². The minimum Gasteiger partial charge on any atom is -0.489 e. The number of nitrogens with two attached hydrogens (primary N) is 1. The van der Waals surface area contributed by atoms with Crippen LogP contribution in [0.2, 0.25) is 0 Å². The summed E-state index contributed by atoms with van der Waals surface area (Å²) in [5, 5.41) is 1.16. The molecule has 4 aromatic rings. The standard InChI is InChI=1S/C26H27N3O3/c1-3-31-26(30)15-20-6-4-5-7-25(20)32-17-18-12-23(19-8-10-28-21(14-19)16-27)22-9-11-29(2)24(22)13-18/h4-14H,3,15-17,27H2,1-2H3. The number of carbonyl (C=O) groups excluding carboxylic acids is 1. The lowest BCUT2D eigenvalue weighted by Crippen LogP contribution is -2.09. The van der Waals surface area contributed by atoms with E-state index >= 15 is 0 Å². The Bertz CT molecular complexity index is 1250. The minimum atomic E-state index is -0.260. The fraction of sp³-hybridized carbons (Fsp3) is 0.231. The van der Waals surface area contributed by atoms with Gasteiger partial charge in [-0.3, -0.25) is 9.78 Å². The molecule has 0 aliphatic rings. The Balaban J connectivity index is 1.65. The van der Waals surface area contributed by atoms with E-state index < -0.39 is 0 Å². The fourth-order valence-corrected chi connectivity index (χ4v) is 3.83. The van der Waals surface area contributed by atoms with Crippen LogP contribution in [0.3, 0.4) is 0 Å². The maximum atomic E-state index is 12.0. The highest BCUT2D eigenvalue weighted by Gasteiger charge is 2.13. The number of benzene rings is 2. The van der Waals surface area contributed by atoms with Crippen molar-refractivity contribution >= 4 is 16.9 Å². The van der Waals surface area contributed by atoms with Gasteiger partial charge in [-0.05, 0) is 60.0 Å². The van der Waals surface area contributed by atoms with E-state index in [-0.39, 0.29) is 12.4 Å². The highest BCUT2D eigenvalue weighted by molar-refractivity contribution is 5.96. The Hall–Kier alpha value is -3.64. The number of nitrogens with zero attached hydrogens (tertiary/aromatic N) is 2. The zero-order chi connectivity index (χ0) is 22.5. The van der Waals surface area contributed by atoms with E-state index in [2.05, 4.69) is 33.9 Å². The molecular formula is C26H27N3O3. The summed E-state index contributed by atoms with van der Waals surface area (Å²) in [6.45, 7) is 2.94. The van der Waals surface area contributed by atoms with Crippen molar-refractivity contribution in [2.24, 2.45) is 12.8 Å². The van der Waals surface area contributed by atoms with E-state index in [1.807, 2.05) is 43.4 Å². The first-order chi connectivity index (χ1) is 15.6. The molecule has 0 bridgehead atoms. The monoisotopic (exact) mass is 429 g/mol. The molecule has 6 nitrogen and oxygen atoms in total. The molecule has 2 heterocycles. The second-order valence-electron chi connectivity index (χ2n) is 7.62. The number of esters is 1. The highest BCUT2D eigenvalue weighted by atomic mass is 16.5. The van der Waals surface area contributed by atoms with E-state index in [1.54, 1.807) is 13.1 Å². The molecule has 6 heteroatoms. The average molecular weight is 430 g/mol. The van der Waals surface area contributed by atoms with Crippen LogP contribution in [-0.2, 0) is 36.2 Å². The molecule has 2 N–H and O–H groups in total. The number of fused-ring (bicyclic) bond motifs is 1. The molecule has 2 aromatic heterocycles. The predicted octanol–water partition coefficient (Wildman–Crippen LogP) is 4.38. The van der Waals surface area contributed by atoms with Crippen molar-refractivity contribution in [1.29, 1.82) is 0 Å². The molecule has 0 radical (unpaired) electrons. The normalized spacial score (nSPS) is 11.0. The Kier molecular flexibility index (Phi) is 6.52. The van der Waals surface area contributed by atoms with Gasteiger partial charge in [0, 0.05) is 42.5 Å². The fourth-order valence-electron chi connectivity index (χ4n) is 3.83. The first-order valence-corrected chi connectivity index (χ1v) is 10.7. The third-order valence-corrected chi connectivity index (χ3v) is 5.41. The van der Waals surface area contributed by atoms with Crippen molar-refractivity contribution in [1.82, 2.24) is 9.55 Å². The van der Waals surface area contributed by atoms with Crippen LogP contribution in [-0.4, -0.2) is 22.1 Å². The number of aromatic nitrogens is 2. The van der Waals surface area contributed by atoms with Crippen LogP contribution in [0.25, 0.3) is 22.0 Å².